The van der Waals surface area contributed by atoms with Crippen molar-refractivity contribution in [2.45, 2.75) is 33.9 Å². The van der Waals surface area contributed by atoms with Gasteiger partial charge in [-0.15, -0.1) is 0 Å². The quantitative estimate of drug-likeness (QED) is 0.381. The van der Waals surface area contributed by atoms with Crippen molar-refractivity contribution in [2.24, 2.45) is 10.9 Å². The summed E-state index contributed by atoms with van der Waals surface area (Å²) >= 11 is 0. The fourth-order valence-electron chi connectivity index (χ4n) is 2.55. The first-order valence-electron chi connectivity index (χ1n) is 9.41. The fraction of sp³-hybridized carbons (Fsp3) is 0.500. The molecule has 148 valence electrons. The molecule has 0 amide bonds. The first-order valence-corrected chi connectivity index (χ1v) is 9.41. The van der Waals surface area contributed by atoms with Crippen LogP contribution < -0.4 is 20.1 Å². The lowest BCUT2D eigenvalue weighted by Crippen LogP contribution is -2.39. The van der Waals surface area contributed by atoms with E-state index in [1.54, 1.807) is 7.11 Å². The Bertz CT molecular complexity index is 695. The standard InChI is InChI=1S/C20H31N5O2/c1-5-21-20(24-14-19-22-10-12-25(19)15-16(2)3)23-11-13-27-18-8-6-17(26-4)7-9-18/h6-10,12,16H,5,11,13-15H2,1-4H3,(H2,21,23,24). The number of hydrogen-bond acceptors (Lipinski definition) is 4. The largest absolute Gasteiger partial charge is 0.497 e. The van der Waals surface area contributed by atoms with Gasteiger partial charge in [0.25, 0.3) is 0 Å². The minimum Gasteiger partial charge on any atom is -0.497 e. The smallest absolute Gasteiger partial charge is 0.191 e. The van der Waals surface area contributed by atoms with Crippen LogP contribution in [0.2, 0.25) is 0 Å². The van der Waals surface area contributed by atoms with Gasteiger partial charge in [-0.3, -0.25) is 0 Å². The Labute approximate surface area is 161 Å². The van der Waals surface area contributed by atoms with Crippen LogP contribution in [0.15, 0.2) is 41.7 Å². The fourth-order valence-corrected chi connectivity index (χ4v) is 2.55. The number of aliphatic imine (C=N–C) groups is 1. The normalized spacial score (nSPS) is 11.5. The lowest BCUT2D eigenvalue weighted by atomic mass is 10.2. The van der Waals surface area contributed by atoms with Crippen LogP contribution in [0.3, 0.4) is 0 Å². The third-order valence-corrected chi connectivity index (χ3v) is 3.81. The van der Waals surface area contributed by atoms with E-state index in [1.807, 2.05) is 43.6 Å². The van der Waals surface area contributed by atoms with Crippen LogP contribution in [-0.2, 0) is 13.1 Å². The van der Waals surface area contributed by atoms with E-state index < -0.39 is 0 Å². The Morgan fingerprint density at radius 2 is 1.93 bits per heavy atom. The predicted octanol–water partition coefficient (Wildman–Crippen LogP) is 2.68. The van der Waals surface area contributed by atoms with Crippen molar-refractivity contribution in [2.75, 3.05) is 26.8 Å². The zero-order chi connectivity index (χ0) is 19.5. The minimum absolute atomic E-state index is 0.536. The molecule has 0 radical (unpaired) electrons. The Morgan fingerprint density at radius 1 is 1.19 bits per heavy atom. The van der Waals surface area contributed by atoms with E-state index in [-0.39, 0.29) is 0 Å². The van der Waals surface area contributed by atoms with E-state index >= 15 is 0 Å². The molecule has 0 bridgehead atoms. The molecule has 1 heterocycles. The SMILES string of the molecule is CCNC(=NCc1nccn1CC(C)C)NCCOc1ccc(OC)cc1. The number of guanidine groups is 1. The molecule has 0 unspecified atom stereocenters. The van der Waals surface area contributed by atoms with Crippen LogP contribution in [0.25, 0.3) is 0 Å². The van der Waals surface area contributed by atoms with Crippen LogP contribution in [0, 0.1) is 5.92 Å². The number of hydrogen-bond donors (Lipinski definition) is 2. The molecule has 0 atom stereocenters. The average Bonchev–Trinajstić information content (AvgIpc) is 3.09. The third-order valence-electron chi connectivity index (χ3n) is 3.81. The summed E-state index contributed by atoms with van der Waals surface area (Å²) in [5.41, 5.74) is 0. The molecule has 0 spiro atoms. The first-order chi connectivity index (χ1) is 13.1. The molecular weight excluding hydrogens is 342 g/mol. The molecule has 27 heavy (non-hydrogen) atoms. The van der Waals surface area contributed by atoms with Crippen LogP contribution in [0.1, 0.15) is 26.6 Å². The summed E-state index contributed by atoms with van der Waals surface area (Å²) in [5.74, 6) is 3.93. The summed E-state index contributed by atoms with van der Waals surface area (Å²) in [4.78, 5) is 9.05. The van der Waals surface area contributed by atoms with E-state index in [0.717, 1.165) is 36.4 Å². The van der Waals surface area contributed by atoms with Gasteiger partial charge in [-0.2, -0.15) is 0 Å². The van der Waals surface area contributed by atoms with Gasteiger partial charge in [-0.05, 0) is 37.1 Å². The summed E-state index contributed by atoms with van der Waals surface area (Å²) < 4.78 is 13.0. The molecule has 2 N–H and O–H groups in total. The molecule has 2 rings (SSSR count). The Hall–Kier alpha value is -2.70. The second kappa shape index (κ2) is 11.1. The Morgan fingerprint density at radius 3 is 2.59 bits per heavy atom. The van der Waals surface area contributed by atoms with Gasteiger partial charge in [-0.1, -0.05) is 13.8 Å². The molecule has 7 nitrogen and oxygen atoms in total. The average molecular weight is 374 g/mol. The molecule has 0 aliphatic rings. The van der Waals surface area contributed by atoms with Gasteiger partial charge in [0.1, 0.15) is 30.5 Å². The summed E-state index contributed by atoms with van der Waals surface area (Å²) in [6.45, 7) is 9.91. The van der Waals surface area contributed by atoms with Gasteiger partial charge in [-0.25, -0.2) is 9.98 Å². The molecule has 2 aromatic rings. The van der Waals surface area contributed by atoms with E-state index in [0.29, 0.717) is 25.6 Å². The van der Waals surface area contributed by atoms with Crippen LogP contribution in [-0.4, -0.2) is 42.3 Å². The first kappa shape index (κ1) is 20.6. The monoisotopic (exact) mass is 373 g/mol. The molecule has 1 aromatic carbocycles. The number of rotatable bonds is 10. The Kier molecular flexibility index (Phi) is 8.48. The zero-order valence-corrected chi connectivity index (χ0v) is 16.7. The molecule has 0 saturated carbocycles. The summed E-state index contributed by atoms with van der Waals surface area (Å²) in [6.07, 6.45) is 3.84. The van der Waals surface area contributed by atoms with Crippen molar-refractivity contribution in [3.05, 3.63) is 42.5 Å². The highest BCUT2D eigenvalue weighted by Gasteiger charge is 2.05. The van der Waals surface area contributed by atoms with Crippen molar-refractivity contribution in [1.82, 2.24) is 20.2 Å². The van der Waals surface area contributed by atoms with Crippen LogP contribution >= 0.6 is 0 Å². The van der Waals surface area contributed by atoms with Crippen LogP contribution in [0.4, 0.5) is 0 Å². The molecule has 1 aromatic heterocycles. The van der Waals surface area contributed by atoms with E-state index in [9.17, 15) is 0 Å². The van der Waals surface area contributed by atoms with Gasteiger partial charge in [0, 0.05) is 25.5 Å². The molecular formula is C20H31N5O2. The van der Waals surface area contributed by atoms with Gasteiger partial charge >= 0.3 is 0 Å². The molecule has 0 aliphatic heterocycles. The second-order valence-electron chi connectivity index (χ2n) is 6.54. The van der Waals surface area contributed by atoms with Crippen LogP contribution in [0.5, 0.6) is 11.5 Å². The third kappa shape index (κ3) is 7.21. The van der Waals surface area contributed by atoms with Crippen molar-refractivity contribution < 1.29 is 9.47 Å². The summed E-state index contributed by atoms with van der Waals surface area (Å²) in [7, 11) is 1.65. The molecule has 0 fully saturated rings. The highest BCUT2D eigenvalue weighted by molar-refractivity contribution is 5.79. The van der Waals surface area contributed by atoms with Crippen molar-refractivity contribution in [3.8, 4) is 11.5 Å². The number of benzene rings is 1. The maximum Gasteiger partial charge on any atom is 0.191 e. The molecule has 0 saturated heterocycles. The number of aromatic nitrogens is 2. The number of ether oxygens (including phenoxy) is 2. The topological polar surface area (TPSA) is 72.7 Å². The number of nitrogens with zero attached hydrogens (tertiary/aromatic N) is 3. The van der Waals surface area contributed by atoms with Gasteiger partial charge in [0.2, 0.25) is 0 Å². The molecule has 0 aliphatic carbocycles. The Balaban J connectivity index is 1.81. The van der Waals surface area contributed by atoms with Crippen molar-refractivity contribution in [1.29, 1.82) is 0 Å². The predicted molar refractivity (Wildman–Crippen MR) is 108 cm³/mol. The highest BCUT2D eigenvalue weighted by Crippen LogP contribution is 2.16. The summed E-state index contributed by atoms with van der Waals surface area (Å²) in [6, 6.07) is 7.56. The number of nitrogens with one attached hydrogen (secondary N) is 2. The number of methoxy groups -OCH3 is 1. The van der Waals surface area contributed by atoms with E-state index in [4.69, 9.17) is 9.47 Å². The number of imidazole rings is 1. The van der Waals surface area contributed by atoms with E-state index in [1.165, 1.54) is 0 Å². The lowest BCUT2D eigenvalue weighted by Gasteiger charge is -2.13. The maximum atomic E-state index is 5.73. The lowest BCUT2D eigenvalue weighted by molar-refractivity contribution is 0.321. The second-order valence-corrected chi connectivity index (χ2v) is 6.54. The highest BCUT2D eigenvalue weighted by atomic mass is 16.5. The van der Waals surface area contributed by atoms with Gasteiger partial charge in [0.05, 0.1) is 13.7 Å². The summed E-state index contributed by atoms with van der Waals surface area (Å²) in [5, 5.41) is 6.54. The van der Waals surface area contributed by atoms with Crippen molar-refractivity contribution >= 4 is 5.96 Å². The van der Waals surface area contributed by atoms with Crippen molar-refractivity contribution in [3.63, 3.8) is 0 Å². The minimum atomic E-state index is 0.536. The zero-order valence-electron chi connectivity index (χ0n) is 16.7. The maximum absolute atomic E-state index is 5.73. The van der Waals surface area contributed by atoms with Gasteiger partial charge in [0.15, 0.2) is 5.96 Å². The van der Waals surface area contributed by atoms with E-state index in [2.05, 4.69) is 39.0 Å². The molecule has 7 heteroatoms. The van der Waals surface area contributed by atoms with Gasteiger partial charge < -0.3 is 24.7 Å².